The van der Waals surface area contributed by atoms with Gasteiger partial charge in [-0.2, -0.15) is 0 Å². The molecule has 1 N–H and O–H groups in total. The molecule has 28 heavy (non-hydrogen) atoms. The Morgan fingerprint density at radius 2 is 2.00 bits per heavy atom. The average Bonchev–Trinajstić information content (AvgIpc) is 3.42. The maximum Gasteiger partial charge on any atom is 0.290 e. The molecule has 6 heteroatoms. The number of aliphatic hydroxyl groups is 1. The van der Waals surface area contributed by atoms with Gasteiger partial charge in [0.1, 0.15) is 17.4 Å². The van der Waals surface area contributed by atoms with Crippen LogP contribution in [0.2, 0.25) is 0 Å². The zero-order valence-electron chi connectivity index (χ0n) is 15.6. The number of hydrogen-bond donors (Lipinski definition) is 1. The van der Waals surface area contributed by atoms with Gasteiger partial charge in [0, 0.05) is 11.9 Å². The molecule has 3 heterocycles. The van der Waals surface area contributed by atoms with E-state index in [0.29, 0.717) is 17.9 Å². The molecular formula is C22H21NO5. The zero-order valence-corrected chi connectivity index (χ0v) is 15.6. The second-order valence-corrected chi connectivity index (χ2v) is 6.86. The Morgan fingerprint density at radius 3 is 2.71 bits per heavy atom. The molecule has 0 fully saturated rings. The molecule has 1 aromatic carbocycles. The van der Waals surface area contributed by atoms with E-state index >= 15 is 0 Å². The SMILES string of the molecule is CCCCCN1C(=O)C(O)=C(C(=O)c2cc3ccccc3o2)C1c1ccco1. The van der Waals surface area contributed by atoms with Crippen molar-refractivity contribution in [3.63, 3.8) is 0 Å². The van der Waals surface area contributed by atoms with E-state index in [4.69, 9.17) is 8.83 Å². The minimum absolute atomic E-state index is 0.00416. The maximum absolute atomic E-state index is 13.2. The number of furan rings is 2. The fourth-order valence-corrected chi connectivity index (χ4v) is 3.62. The van der Waals surface area contributed by atoms with Gasteiger partial charge in [-0.3, -0.25) is 9.59 Å². The van der Waals surface area contributed by atoms with Gasteiger partial charge in [-0.1, -0.05) is 38.0 Å². The summed E-state index contributed by atoms with van der Waals surface area (Å²) < 4.78 is 11.2. The topological polar surface area (TPSA) is 83.9 Å². The molecule has 0 saturated carbocycles. The van der Waals surface area contributed by atoms with Crippen molar-refractivity contribution in [2.45, 2.75) is 32.2 Å². The minimum atomic E-state index is -0.764. The standard InChI is InChI=1S/C22H21NO5/c1-2-3-6-11-23-19(16-10-7-12-27-16)18(21(25)22(23)26)20(24)17-13-14-8-4-5-9-15(14)28-17/h4-5,7-10,12-13,19,25H,2-3,6,11H2,1H3. The van der Waals surface area contributed by atoms with E-state index < -0.39 is 23.5 Å². The second kappa shape index (κ2) is 7.38. The summed E-state index contributed by atoms with van der Waals surface area (Å²) in [5.74, 6) is -1.09. The van der Waals surface area contributed by atoms with Crippen LogP contribution in [-0.2, 0) is 4.79 Å². The lowest BCUT2D eigenvalue weighted by molar-refractivity contribution is -0.129. The molecule has 6 nitrogen and oxygen atoms in total. The number of benzene rings is 1. The number of rotatable bonds is 7. The van der Waals surface area contributed by atoms with Crippen molar-refractivity contribution in [1.29, 1.82) is 0 Å². The normalized spacial score (nSPS) is 17.1. The van der Waals surface area contributed by atoms with Gasteiger partial charge in [0.15, 0.2) is 11.5 Å². The summed E-state index contributed by atoms with van der Waals surface area (Å²) in [6.07, 6.45) is 4.21. The maximum atomic E-state index is 13.2. The van der Waals surface area contributed by atoms with Crippen molar-refractivity contribution in [2.24, 2.45) is 0 Å². The molecule has 1 atom stereocenters. The van der Waals surface area contributed by atoms with Crippen LogP contribution in [0.3, 0.4) is 0 Å². The molecule has 0 radical (unpaired) electrons. The molecule has 0 aliphatic carbocycles. The van der Waals surface area contributed by atoms with E-state index in [1.165, 1.54) is 11.2 Å². The number of fused-ring (bicyclic) bond motifs is 1. The first-order valence-electron chi connectivity index (χ1n) is 9.42. The molecule has 1 aliphatic rings. The van der Waals surface area contributed by atoms with E-state index in [-0.39, 0.29) is 11.3 Å². The van der Waals surface area contributed by atoms with Crippen LogP contribution >= 0.6 is 0 Å². The highest BCUT2D eigenvalue weighted by atomic mass is 16.3. The third kappa shape index (κ3) is 3.01. The van der Waals surface area contributed by atoms with Crippen LogP contribution in [0.1, 0.15) is 48.5 Å². The third-order valence-corrected chi connectivity index (χ3v) is 5.01. The van der Waals surface area contributed by atoms with Gasteiger partial charge in [-0.25, -0.2) is 0 Å². The summed E-state index contributed by atoms with van der Waals surface area (Å²) in [6.45, 7) is 2.50. The molecule has 4 rings (SSSR count). The predicted molar refractivity (Wildman–Crippen MR) is 103 cm³/mol. The number of aliphatic hydroxyl groups excluding tert-OH is 1. The summed E-state index contributed by atoms with van der Waals surface area (Å²) in [6, 6.07) is 11.5. The van der Waals surface area contributed by atoms with Gasteiger partial charge in [0.25, 0.3) is 5.91 Å². The monoisotopic (exact) mass is 379 g/mol. The van der Waals surface area contributed by atoms with Gasteiger partial charge in [-0.15, -0.1) is 0 Å². The Hall–Kier alpha value is -3.28. The molecular weight excluding hydrogens is 358 g/mol. The number of ketones is 1. The van der Waals surface area contributed by atoms with E-state index in [2.05, 4.69) is 6.92 Å². The van der Waals surface area contributed by atoms with Crippen molar-refractivity contribution in [3.8, 4) is 0 Å². The smallest absolute Gasteiger partial charge is 0.290 e. The Morgan fingerprint density at radius 1 is 1.18 bits per heavy atom. The van der Waals surface area contributed by atoms with Crippen LogP contribution in [0, 0.1) is 0 Å². The highest BCUT2D eigenvalue weighted by Crippen LogP contribution is 2.39. The fraction of sp³-hybridized carbons (Fsp3) is 0.273. The predicted octanol–water partition coefficient (Wildman–Crippen LogP) is 4.79. The second-order valence-electron chi connectivity index (χ2n) is 6.86. The summed E-state index contributed by atoms with van der Waals surface area (Å²) in [4.78, 5) is 27.4. The number of carbonyl (C=O) groups is 2. The largest absolute Gasteiger partial charge is 0.503 e. The van der Waals surface area contributed by atoms with Crippen LogP contribution < -0.4 is 0 Å². The van der Waals surface area contributed by atoms with Gasteiger partial charge in [0.05, 0.1) is 11.8 Å². The number of amides is 1. The minimum Gasteiger partial charge on any atom is -0.503 e. The fourth-order valence-electron chi connectivity index (χ4n) is 3.62. The zero-order chi connectivity index (χ0) is 19.7. The summed E-state index contributed by atoms with van der Waals surface area (Å²) in [7, 11) is 0. The van der Waals surface area contributed by atoms with Gasteiger partial charge < -0.3 is 18.8 Å². The Kier molecular flexibility index (Phi) is 4.77. The number of para-hydroxylation sites is 1. The van der Waals surface area contributed by atoms with Crippen LogP contribution in [0.5, 0.6) is 0 Å². The number of carbonyl (C=O) groups excluding carboxylic acids is 2. The van der Waals surface area contributed by atoms with E-state index in [0.717, 1.165) is 24.6 Å². The van der Waals surface area contributed by atoms with Gasteiger partial charge in [0.2, 0.25) is 5.78 Å². The molecule has 144 valence electrons. The molecule has 0 saturated heterocycles. The molecule has 1 aliphatic heterocycles. The highest BCUT2D eigenvalue weighted by molar-refractivity contribution is 6.15. The Bertz CT molecular complexity index is 1010. The third-order valence-electron chi connectivity index (χ3n) is 5.01. The number of Topliss-reactive ketones (excluding diaryl/α,β-unsaturated/α-hetero) is 1. The summed E-state index contributed by atoms with van der Waals surface area (Å²) in [5.41, 5.74) is 0.570. The number of hydrogen-bond acceptors (Lipinski definition) is 5. The first kappa shape index (κ1) is 18.1. The number of nitrogens with zero attached hydrogens (tertiary/aromatic N) is 1. The van der Waals surface area contributed by atoms with E-state index in [1.54, 1.807) is 24.3 Å². The van der Waals surface area contributed by atoms with Crippen molar-refractivity contribution in [3.05, 3.63) is 71.6 Å². The quantitative estimate of drug-likeness (QED) is 0.471. The Labute approximate surface area is 162 Å². The molecule has 1 amide bonds. The molecule has 3 aromatic rings. The lowest BCUT2D eigenvalue weighted by atomic mass is 9.99. The van der Waals surface area contributed by atoms with Gasteiger partial charge in [-0.05, 0) is 30.7 Å². The average molecular weight is 379 g/mol. The van der Waals surface area contributed by atoms with Crippen LogP contribution in [0.25, 0.3) is 11.0 Å². The van der Waals surface area contributed by atoms with E-state index in [9.17, 15) is 14.7 Å². The van der Waals surface area contributed by atoms with Crippen LogP contribution in [0.15, 0.2) is 68.9 Å². The highest BCUT2D eigenvalue weighted by Gasteiger charge is 2.45. The van der Waals surface area contributed by atoms with Gasteiger partial charge >= 0.3 is 0 Å². The molecule has 0 spiro atoms. The van der Waals surface area contributed by atoms with Crippen molar-refractivity contribution < 1.29 is 23.5 Å². The van der Waals surface area contributed by atoms with Crippen molar-refractivity contribution in [2.75, 3.05) is 6.54 Å². The summed E-state index contributed by atoms with van der Waals surface area (Å²) >= 11 is 0. The first-order chi connectivity index (χ1) is 13.6. The van der Waals surface area contributed by atoms with Crippen molar-refractivity contribution >= 4 is 22.7 Å². The molecule has 2 aromatic heterocycles. The Balaban J connectivity index is 1.74. The lowest BCUT2D eigenvalue weighted by Crippen LogP contribution is -2.31. The van der Waals surface area contributed by atoms with Crippen molar-refractivity contribution in [1.82, 2.24) is 4.90 Å². The van der Waals surface area contributed by atoms with E-state index in [1.807, 2.05) is 18.2 Å². The number of unbranched alkanes of at least 4 members (excludes halogenated alkanes) is 2. The molecule has 1 unspecified atom stereocenters. The molecule has 0 bridgehead atoms. The first-order valence-corrected chi connectivity index (χ1v) is 9.42. The van der Waals surface area contributed by atoms with Crippen LogP contribution in [-0.4, -0.2) is 28.2 Å². The van der Waals surface area contributed by atoms with Crippen LogP contribution in [0.4, 0.5) is 0 Å². The summed E-state index contributed by atoms with van der Waals surface area (Å²) in [5, 5.41) is 11.3. The lowest BCUT2D eigenvalue weighted by Gasteiger charge is -2.24.